The summed E-state index contributed by atoms with van der Waals surface area (Å²) in [5, 5.41) is 3.82. The number of rotatable bonds is 2. The Hall–Kier alpha value is -3.11. The predicted molar refractivity (Wildman–Crippen MR) is 195 cm³/mol. The molecule has 9 nitrogen and oxygen atoms in total. The van der Waals surface area contributed by atoms with Gasteiger partial charge in [-0.3, -0.25) is 9.80 Å². The molecule has 11 aliphatic rings. The van der Waals surface area contributed by atoms with Crippen molar-refractivity contribution in [1.29, 1.82) is 0 Å². The number of benzene rings is 2. The van der Waals surface area contributed by atoms with Crippen molar-refractivity contribution >= 4 is 17.3 Å². The number of anilines is 2. The van der Waals surface area contributed by atoms with Crippen molar-refractivity contribution in [1.82, 2.24) is 9.80 Å². The van der Waals surface area contributed by atoms with Gasteiger partial charge in [-0.25, -0.2) is 4.79 Å². The molecule has 2 aromatic carbocycles. The zero-order chi connectivity index (χ0) is 34.4. The van der Waals surface area contributed by atoms with Gasteiger partial charge in [0.05, 0.1) is 43.1 Å². The topological polar surface area (TPSA) is 75.7 Å². The van der Waals surface area contributed by atoms with Crippen LogP contribution in [0, 0.1) is 22.2 Å². The van der Waals surface area contributed by atoms with Gasteiger partial charge in [-0.2, -0.15) is 0 Å². The van der Waals surface area contributed by atoms with Crippen LogP contribution in [0.1, 0.15) is 62.5 Å². The normalized spacial score (nSPS) is 46.8. The number of para-hydroxylation sites is 2. The fourth-order valence-corrected chi connectivity index (χ4v) is 16.8. The average Bonchev–Trinajstić information content (AvgIpc) is 4.02. The molecule has 7 saturated heterocycles. The Balaban J connectivity index is 1.01. The van der Waals surface area contributed by atoms with Crippen LogP contribution in [0.2, 0.25) is 0 Å². The largest absolute Gasteiger partial charge is 0.495 e. The van der Waals surface area contributed by atoms with Gasteiger partial charge in [0.1, 0.15) is 5.75 Å². The van der Waals surface area contributed by atoms with Crippen molar-refractivity contribution < 1.29 is 23.7 Å². The number of ether oxygens (including phenoxy) is 4. The van der Waals surface area contributed by atoms with E-state index in [4.69, 9.17) is 18.9 Å². The van der Waals surface area contributed by atoms with Crippen molar-refractivity contribution in [2.45, 2.75) is 92.5 Å². The first-order valence-corrected chi connectivity index (χ1v) is 20.3. The molecule has 2 aliphatic carbocycles. The van der Waals surface area contributed by atoms with Crippen LogP contribution in [0.5, 0.6) is 5.75 Å². The number of nitrogens with one attached hydrogen (secondary N) is 1. The molecule has 1 N–H and O–H groups in total. The third-order valence-corrected chi connectivity index (χ3v) is 17.5. The van der Waals surface area contributed by atoms with Crippen molar-refractivity contribution in [3.63, 3.8) is 0 Å². The maximum absolute atomic E-state index is 14.0. The fourth-order valence-electron chi connectivity index (χ4n) is 16.8. The highest BCUT2D eigenvalue weighted by Gasteiger charge is 2.79. The molecule has 0 radical (unpaired) electrons. The van der Waals surface area contributed by atoms with Gasteiger partial charge in [-0.15, -0.1) is 0 Å². The van der Waals surface area contributed by atoms with E-state index in [0.29, 0.717) is 30.5 Å². The second-order valence-corrected chi connectivity index (χ2v) is 18.8. The number of hydrogen-bond donors (Lipinski definition) is 1. The van der Waals surface area contributed by atoms with Crippen LogP contribution in [-0.2, 0) is 29.8 Å². The maximum atomic E-state index is 14.0. The summed E-state index contributed by atoms with van der Waals surface area (Å²) in [5.41, 5.74) is 7.13. The lowest BCUT2D eigenvalue weighted by Gasteiger charge is -2.68. The molecule has 9 aliphatic heterocycles. The number of fused-ring (bicyclic) bond motifs is 4. The van der Waals surface area contributed by atoms with Gasteiger partial charge in [0, 0.05) is 84.0 Å². The van der Waals surface area contributed by atoms with E-state index >= 15 is 0 Å². The summed E-state index contributed by atoms with van der Waals surface area (Å²) in [6.07, 6.45) is 9.09. The zero-order valence-electron chi connectivity index (χ0n) is 30.5. The Morgan fingerprint density at radius 1 is 0.865 bits per heavy atom. The minimum atomic E-state index is -0.252. The standard InChI is InChI=1S/C43H50N4O5/c1-49-30-9-5-7-28-32(30)47-24-39(20-25-21-40-13-18-51-31(40)10-15-45-16-12-43(28,34(25)47)36(40)45)23-46-17-11-42-27-6-3-4-8-29(27)44-33(42)26(35(48)50-2)22-41(37(42)46)14-19-52-38(39)41/h3-9,25,31,34,36-38,44H,10-24H2,1-2H3/t25-,31?,34-,36-,37+,38?,39-,40+,41+,42-,43-/m1/s1. The number of nitrogens with zero attached hydrogens (tertiary/aromatic N) is 3. The fraction of sp³-hybridized carbons (Fsp3) is 0.651. The lowest BCUT2D eigenvalue weighted by molar-refractivity contribution is -0.174. The van der Waals surface area contributed by atoms with Gasteiger partial charge < -0.3 is 29.2 Å². The van der Waals surface area contributed by atoms with E-state index in [0.717, 1.165) is 81.4 Å². The molecule has 9 heteroatoms. The molecule has 2 unspecified atom stereocenters. The Morgan fingerprint density at radius 2 is 1.71 bits per heavy atom. The molecule has 8 fully saturated rings. The van der Waals surface area contributed by atoms with Gasteiger partial charge in [0.15, 0.2) is 0 Å². The molecule has 0 bridgehead atoms. The summed E-state index contributed by atoms with van der Waals surface area (Å²) < 4.78 is 26.0. The van der Waals surface area contributed by atoms with Crippen LogP contribution < -0.4 is 15.0 Å². The van der Waals surface area contributed by atoms with Gasteiger partial charge in [0.2, 0.25) is 0 Å². The number of hydrogen-bond acceptors (Lipinski definition) is 9. The average molecular weight is 703 g/mol. The van der Waals surface area contributed by atoms with Gasteiger partial charge in [-0.05, 0) is 93.6 Å². The summed E-state index contributed by atoms with van der Waals surface area (Å²) in [6.45, 7) is 7.04. The number of carbonyl (C=O) groups excluding carboxylic acids is 1. The first-order chi connectivity index (χ1) is 25.4. The molecule has 11 atom stereocenters. The Bertz CT molecular complexity index is 2000. The van der Waals surface area contributed by atoms with E-state index in [1.165, 1.54) is 43.5 Å². The highest BCUT2D eigenvalue weighted by Crippen LogP contribution is 2.75. The van der Waals surface area contributed by atoms with E-state index in [9.17, 15) is 4.79 Å². The van der Waals surface area contributed by atoms with Crippen molar-refractivity contribution in [3.05, 3.63) is 64.9 Å². The Morgan fingerprint density at radius 3 is 2.62 bits per heavy atom. The van der Waals surface area contributed by atoms with Crippen LogP contribution >= 0.6 is 0 Å². The third-order valence-electron chi connectivity index (χ3n) is 17.5. The van der Waals surface area contributed by atoms with Crippen LogP contribution in [0.15, 0.2) is 53.7 Å². The van der Waals surface area contributed by atoms with Gasteiger partial charge in [-0.1, -0.05) is 30.3 Å². The summed E-state index contributed by atoms with van der Waals surface area (Å²) in [6, 6.07) is 17.1. The molecule has 2 aromatic rings. The molecule has 9 heterocycles. The Kier molecular flexibility index (Phi) is 5.57. The van der Waals surface area contributed by atoms with Gasteiger partial charge in [0.25, 0.3) is 0 Å². The summed E-state index contributed by atoms with van der Waals surface area (Å²) in [7, 11) is 3.43. The molecule has 52 heavy (non-hydrogen) atoms. The number of methoxy groups -OCH3 is 2. The molecule has 13 rings (SSSR count). The second-order valence-electron chi connectivity index (χ2n) is 18.8. The van der Waals surface area contributed by atoms with Crippen molar-refractivity contribution in [2.75, 3.05) is 70.4 Å². The first kappa shape index (κ1) is 30.2. The molecule has 0 amide bonds. The minimum absolute atomic E-state index is 0.0538. The third kappa shape index (κ3) is 3.05. The van der Waals surface area contributed by atoms with Gasteiger partial charge >= 0.3 is 5.97 Å². The highest BCUT2D eigenvalue weighted by molar-refractivity contribution is 5.93. The van der Waals surface area contributed by atoms with Crippen LogP contribution in [0.3, 0.4) is 0 Å². The van der Waals surface area contributed by atoms with Crippen molar-refractivity contribution in [3.8, 4) is 5.75 Å². The maximum Gasteiger partial charge on any atom is 0.335 e. The van der Waals surface area contributed by atoms with E-state index in [-0.39, 0.29) is 45.2 Å². The first-order valence-electron chi connectivity index (χ1n) is 20.3. The number of piperidine rings is 3. The van der Waals surface area contributed by atoms with E-state index in [2.05, 4.69) is 62.5 Å². The summed E-state index contributed by atoms with van der Waals surface area (Å²) >= 11 is 0. The molecule has 5 spiro atoms. The molecule has 1 saturated carbocycles. The van der Waals surface area contributed by atoms with Crippen molar-refractivity contribution in [2.24, 2.45) is 22.2 Å². The van der Waals surface area contributed by atoms with E-state index in [1.807, 2.05) is 7.11 Å². The molecule has 272 valence electrons. The quantitative estimate of drug-likeness (QED) is 0.443. The zero-order valence-corrected chi connectivity index (χ0v) is 30.5. The summed E-state index contributed by atoms with van der Waals surface area (Å²) in [5.74, 6) is 1.38. The number of carbonyl (C=O) groups is 1. The monoisotopic (exact) mass is 702 g/mol. The smallest absolute Gasteiger partial charge is 0.335 e. The van der Waals surface area contributed by atoms with E-state index < -0.39 is 0 Å². The summed E-state index contributed by atoms with van der Waals surface area (Å²) in [4.78, 5) is 22.7. The molecular formula is C43H50N4O5. The van der Waals surface area contributed by atoms with Crippen LogP contribution in [0.4, 0.5) is 11.4 Å². The second kappa shape index (κ2) is 9.57. The minimum Gasteiger partial charge on any atom is -0.495 e. The SMILES string of the molecule is COC(=O)C1=C2Nc3ccccc3[C@]23CCN2C[C@@]4(C[C@@H]5C[C@@]67CCOC6CCN6CC[C@]8(c9cccc(OC)c9N(C4)[C@H]58)[C@H]67)C4OCC[C@]4(C1)[C@H]23. The lowest BCUT2D eigenvalue weighted by atomic mass is 9.44. The van der Waals surface area contributed by atoms with E-state index in [1.54, 1.807) is 12.7 Å². The van der Waals surface area contributed by atoms with Crippen LogP contribution in [-0.4, -0.2) is 106 Å². The predicted octanol–water partition coefficient (Wildman–Crippen LogP) is 4.84. The lowest BCUT2D eigenvalue weighted by Crippen LogP contribution is -2.76. The van der Waals surface area contributed by atoms with Crippen LogP contribution in [0.25, 0.3) is 0 Å². The number of esters is 1. The highest BCUT2D eigenvalue weighted by atomic mass is 16.5. The molecular weight excluding hydrogens is 652 g/mol. The molecule has 0 aromatic heterocycles. The Labute approximate surface area is 305 Å².